The molecule has 1 aliphatic heterocycles. The third-order valence-corrected chi connectivity index (χ3v) is 7.02. The molecule has 1 atom stereocenters. The zero-order valence-corrected chi connectivity index (χ0v) is 19.6. The number of anilines is 1. The van der Waals surface area contributed by atoms with Crippen molar-refractivity contribution in [1.29, 1.82) is 5.26 Å². The number of carbonyl (C=O) groups is 2. The van der Waals surface area contributed by atoms with Gasteiger partial charge in [-0.1, -0.05) is 0 Å². The summed E-state index contributed by atoms with van der Waals surface area (Å²) < 4.78 is 20.8. The van der Waals surface area contributed by atoms with E-state index in [0.29, 0.717) is 49.8 Å². The number of nitrogens with one attached hydrogen (secondary N) is 1. The van der Waals surface area contributed by atoms with Crippen molar-refractivity contribution in [3.05, 3.63) is 46.2 Å². The van der Waals surface area contributed by atoms with Crippen LogP contribution in [0.5, 0.6) is 0 Å². The number of furan rings is 1. The Morgan fingerprint density at radius 3 is 2.94 bits per heavy atom. The molecule has 1 amide bonds. The molecule has 1 fully saturated rings. The Hall–Kier alpha value is -3.13. The standard InChI is InChI=1S/C24H27N3O6S/c25-14-20-19-3-1-18(16-33-24(29)32-12-8-27-6-10-30-11-7-27)13-21(19)34-23(20)26-22(28)4-2-17-5-9-31-15-17/h2,4-5,9,15,18H,1,3,6-8,10-13,16H2,(H,26,28)/b4-2+. The molecule has 4 rings (SSSR count). The summed E-state index contributed by atoms with van der Waals surface area (Å²) in [6.07, 6.45) is 7.66. The third kappa shape index (κ3) is 6.47. The van der Waals surface area contributed by atoms with Crippen LogP contribution in [0.2, 0.25) is 0 Å². The van der Waals surface area contributed by atoms with Crippen molar-refractivity contribution in [2.24, 2.45) is 5.92 Å². The molecule has 0 spiro atoms. The van der Waals surface area contributed by atoms with Gasteiger partial charge in [0.25, 0.3) is 0 Å². The Balaban J connectivity index is 1.25. The minimum atomic E-state index is -0.652. The lowest BCUT2D eigenvalue weighted by molar-refractivity contribution is -0.111. The smallest absolute Gasteiger partial charge is 0.472 e. The number of nitrogens with zero attached hydrogens (tertiary/aromatic N) is 2. The van der Waals surface area contributed by atoms with Crippen LogP contribution in [-0.4, -0.2) is 63.0 Å². The molecule has 0 saturated carbocycles. The minimum absolute atomic E-state index is 0.147. The molecule has 1 N–H and O–H groups in total. The Bertz CT molecular complexity index is 1050. The van der Waals surface area contributed by atoms with E-state index in [1.165, 1.54) is 29.9 Å². The first-order chi connectivity index (χ1) is 16.6. The number of nitriles is 1. The maximum Gasteiger partial charge on any atom is 0.508 e. The lowest BCUT2D eigenvalue weighted by Gasteiger charge is -2.26. The fourth-order valence-electron chi connectivity index (χ4n) is 4.01. The lowest BCUT2D eigenvalue weighted by atomic mass is 9.88. The predicted octanol–water partition coefficient (Wildman–Crippen LogP) is 3.45. The number of rotatable bonds is 8. The minimum Gasteiger partial charge on any atom is -0.472 e. The summed E-state index contributed by atoms with van der Waals surface area (Å²) in [5, 5.41) is 13.0. The first-order valence-corrected chi connectivity index (χ1v) is 12.1. The second-order valence-corrected chi connectivity index (χ2v) is 9.28. The van der Waals surface area contributed by atoms with E-state index < -0.39 is 6.16 Å². The number of ether oxygens (including phenoxy) is 3. The molecule has 3 heterocycles. The molecular weight excluding hydrogens is 458 g/mol. The molecule has 2 aliphatic rings. The van der Waals surface area contributed by atoms with Crippen molar-refractivity contribution >= 4 is 34.5 Å². The van der Waals surface area contributed by atoms with Crippen molar-refractivity contribution < 1.29 is 28.2 Å². The average Bonchev–Trinajstić information content (AvgIpc) is 3.49. The van der Waals surface area contributed by atoms with Crippen molar-refractivity contribution in [2.75, 3.05) is 51.4 Å². The van der Waals surface area contributed by atoms with E-state index >= 15 is 0 Å². The van der Waals surface area contributed by atoms with Gasteiger partial charge in [-0.05, 0) is 42.9 Å². The first-order valence-electron chi connectivity index (χ1n) is 11.3. The van der Waals surface area contributed by atoms with Gasteiger partial charge >= 0.3 is 6.16 Å². The van der Waals surface area contributed by atoms with Gasteiger partial charge in [0.15, 0.2) is 0 Å². The van der Waals surface area contributed by atoms with Crippen molar-refractivity contribution in [2.45, 2.75) is 19.3 Å². The molecular formula is C24H27N3O6S. The molecule has 34 heavy (non-hydrogen) atoms. The molecule has 0 aromatic carbocycles. The van der Waals surface area contributed by atoms with E-state index in [1.54, 1.807) is 12.1 Å². The number of amides is 1. The van der Waals surface area contributed by atoms with Gasteiger partial charge in [0, 0.05) is 36.2 Å². The molecule has 9 nitrogen and oxygen atoms in total. The van der Waals surface area contributed by atoms with Gasteiger partial charge in [-0.15, -0.1) is 11.3 Å². The summed E-state index contributed by atoms with van der Waals surface area (Å²) in [6.45, 7) is 4.33. The Morgan fingerprint density at radius 2 is 2.18 bits per heavy atom. The van der Waals surface area contributed by atoms with Crippen molar-refractivity contribution in [3.63, 3.8) is 0 Å². The Kier molecular flexibility index (Phi) is 8.36. The summed E-state index contributed by atoms with van der Waals surface area (Å²) >= 11 is 1.41. The Morgan fingerprint density at radius 1 is 1.32 bits per heavy atom. The zero-order valence-electron chi connectivity index (χ0n) is 18.8. The number of thiophene rings is 1. The van der Waals surface area contributed by atoms with E-state index in [0.717, 1.165) is 35.5 Å². The second kappa shape index (κ2) is 11.8. The molecule has 1 aliphatic carbocycles. The lowest BCUT2D eigenvalue weighted by Crippen LogP contribution is -2.38. The Labute approximate surface area is 201 Å². The van der Waals surface area contributed by atoms with Gasteiger partial charge in [0.05, 0.1) is 37.9 Å². The van der Waals surface area contributed by atoms with E-state index in [-0.39, 0.29) is 18.4 Å². The monoisotopic (exact) mass is 485 g/mol. The number of hydrogen-bond donors (Lipinski definition) is 1. The molecule has 1 unspecified atom stereocenters. The number of carbonyl (C=O) groups excluding carboxylic acids is 2. The van der Waals surface area contributed by atoms with Gasteiger partial charge < -0.3 is 23.9 Å². The average molecular weight is 486 g/mol. The van der Waals surface area contributed by atoms with Crippen LogP contribution in [0.25, 0.3) is 6.08 Å². The molecule has 2 aromatic rings. The van der Waals surface area contributed by atoms with Crippen LogP contribution in [-0.2, 0) is 31.8 Å². The van der Waals surface area contributed by atoms with Crippen LogP contribution in [0.3, 0.4) is 0 Å². The highest BCUT2D eigenvalue weighted by Crippen LogP contribution is 2.39. The van der Waals surface area contributed by atoms with Gasteiger partial charge in [0.2, 0.25) is 5.91 Å². The molecule has 0 bridgehead atoms. The van der Waals surface area contributed by atoms with Crippen molar-refractivity contribution in [3.8, 4) is 6.07 Å². The maximum absolute atomic E-state index is 12.3. The summed E-state index contributed by atoms with van der Waals surface area (Å²) in [7, 11) is 0. The van der Waals surface area contributed by atoms with Crippen molar-refractivity contribution in [1.82, 2.24) is 4.90 Å². The van der Waals surface area contributed by atoms with Crippen LogP contribution >= 0.6 is 11.3 Å². The normalized spacial score (nSPS) is 18.3. The summed E-state index contributed by atoms with van der Waals surface area (Å²) in [4.78, 5) is 27.5. The molecule has 2 aromatic heterocycles. The highest BCUT2D eigenvalue weighted by atomic mass is 32.1. The van der Waals surface area contributed by atoms with E-state index in [4.69, 9.17) is 18.6 Å². The van der Waals surface area contributed by atoms with Gasteiger partial charge in [-0.25, -0.2) is 4.79 Å². The predicted molar refractivity (Wildman–Crippen MR) is 125 cm³/mol. The summed E-state index contributed by atoms with van der Waals surface area (Å²) in [5.74, 6) is -0.162. The first kappa shape index (κ1) is 24.0. The van der Waals surface area contributed by atoms with Crippen LogP contribution in [0, 0.1) is 17.2 Å². The molecule has 180 valence electrons. The highest BCUT2D eigenvalue weighted by molar-refractivity contribution is 7.16. The molecule has 1 saturated heterocycles. The zero-order chi connectivity index (χ0) is 23.8. The maximum atomic E-state index is 12.3. The van der Waals surface area contributed by atoms with Gasteiger partial charge in [-0.2, -0.15) is 5.26 Å². The third-order valence-electron chi connectivity index (χ3n) is 5.85. The SMILES string of the molecule is N#Cc1c(NC(=O)/C=C/c2ccoc2)sc2c1CCC(COC(=O)OCCN1CCOCC1)C2. The fraction of sp³-hybridized carbons (Fsp3) is 0.458. The topological polar surface area (TPSA) is 114 Å². The van der Waals surface area contributed by atoms with Crippen LogP contribution in [0.1, 0.15) is 28.0 Å². The van der Waals surface area contributed by atoms with Crippen LogP contribution in [0.15, 0.2) is 29.1 Å². The van der Waals surface area contributed by atoms with Gasteiger partial charge in [0.1, 0.15) is 17.7 Å². The van der Waals surface area contributed by atoms with E-state index in [9.17, 15) is 14.9 Å². The molecule has 10 heteroatoms. The number of morpholine rings is 1. The number of fused-ring (bicyclic) bond motifs is 1. The second-order valence-electron chi connectivity index (χ2n) is 8.17. The van der Waals surface area contributed by atoms with Crippen LogP contribution in [0.4, 0.5) is 9.80 Å². The van der Waals surface area contributed by atoms with Crippen LogP contribution < -0.4 is 5.32 Å². The summed E-state index contributed by atoms with van der Waals surface area (Å²) in [6, 6.07) is 3.98. The van der Waals surface area contributed by atoms with Gasteiger partial charge in [-0.3, -0.25) is 9.69 Å². The quantitative estimate of drug-likeness (QED) is 0.447. The number of hydrogen-bond acceptors (Lipinski definition) is 9. The fourth-order valence-corrected chi connectivity index (χ4v) is 5.32. The van der Waals surface area contributed by atoms with E-state index in [1.807, 2.05) is 0 Å². The largest absolute Gasteiger partial charge is 0.508 e. The summed E-state index contributed by atoms with van der Waals surface area (Å²) in [5.41, 5.74) is 2.28. The molecule has 0 radical (unpaired) electrons. The highest BCUT2D eigenvalue weighted by Gasteiger charge is 2.27. The van der Waals surface area contributed by atoms with E-state index in [2.05, 4.69) is 16.3 Å².